The molecule has 0 aliphatic carbocycles. The van der Waals surface area contributed by atoms with Crippen LogP contribution in [0.2, 0.25) is 0 Å². The fraction of sp³-hybridized carbons (Fsp3) is 0.438. The number of Topliss-reactive ketones (excluding diaryl/α,β-unsaturated/α-hetero) is 1. The molecule has 0 amide bonds. The molecule has 112 valence electrons. The molecule has 0 fully saturated rings. The molecule has 2 rings (SSSR count). The minimum Gasteiger partial charge on any atom is -0.360 e. The molecule has 0 unspecified atom stereocenters. The van der Waals surface area contributed by atoms with E-state index in [1.54, 1.807) is 12.3 Å². The van der Waals surface area contributed by atoms with Crippen molar-refractivity contribution in [2.45, 2.75) is 39.5 Å². The molecule has 1 aromatic heterocycles. The van der Waals surface area contributed by atoms with E-state index in [1.807, 2.05) is 0 Å². The highest BCUT2D eigenvalue weighted by atomic mass is 16.6. The molecule has 0 aliphatic heterocycles. The molecule has 0 radical (unpaired) electrons. The van der Waals surface area contributed by atoms with Crippen molar-refractivity contribution in [2.75, 3.05) is 0 Å². The van der Waals surface area contributed by atoms with E-state index in [1.165, 1.54) is 12.1 Å². The van der Waals surface area contributed by atoms with Crippen molar-refractivity contribution in [1.29, 1.82) is 0 Å². The number of fused-ring (bicyclic) bond motifs is 1. The Kier molecular flexibility index (Phi) is 4.73. The lowest BCUT2D eigenvalue weighted by Crippen LogP contribution is -2.14. The molecule has 5 heteroatoms. The quantitative estimate of drug-likeness (QED) is 0.463. The second-order valence-electron chi connectivity index (χ2n) is 5.33. The Balaban J connectivity index is 2.42. The molecule has 0 saturated carbocycles. The third-order valence-corrected chi connectivity index (χ3v) is 3.79. The highest BCUT2D eigenvalue weighted by molar-refractivity contribution is 6.09. The van der Waals surface area contributed by atoms with Crippen molar-refractivity contribution >= 4 is 22.4 Å². The Morgan fingerprint density at radius 3 is 2.52 bits per heavy atom. The van der Waals surface area contributed by atoms with E-state index in [-0.39, 0.29) is 17.4 Å². The summed E-state index contributed by atoms with van der Waals surface area (Å²) in [7, 11) is 0. The number of nitro benzene ring substituents is 1. The number of nitrogens with one attached hydrogen (secondary N) is 1. The SMILES string of the molecule is CCCC(CCC)C(=O)c1c[nH]c2ccc([N+](=O)[O-])cc12. The zero-order chi connectivity index (χ0) is 15.4. The maximum absolute atomic E-state index is 12.7. The van der Waals surface area contributed by atoms with Crippen molar-refractivity contribution < 1.29 is 9.72 Å². The van der Waals surface area contributed by atoms with Crippen molar-refractivity contribution in [3.63, 3.8) is 0 Å². The standard InChI is InChI=1S/C16H20N2O3/c1-3-5-11(6-4-2)16(19)14-10-17-15-8-7-12(18(20)21)9-13(14)15/h7-11,17H,3-6H2,1-2H3. The summed E-state index contributed by atoms with van der Waals surface area (Å²) < 4.78 is 0. The topological polar surface area (TPSA) is 76.0 Å². The van der Waals surface area contributed by atoms with Crippen LogP contribution < -0.4 is 0 Å². The fourth-order valence-corrected chi connectivity index (χ4v) is 2.75. The van der Waals surface area contributed by atoms with Crippen molar-refractivity contribution in [3.05, 3.63) is 40.1 Å². The third-order valence-electron chi connectivity index (χ3n) is 3.79. The van der Waals surface area contributed by atoms with Gasteiger partial charge < -0.3 is 4.98 Å². The highest BCUT2D eigenvalue weighted by Crippen LogP contribution is 2.28. The molecule has 1 heterocycles. The van der Waals surface area contributed by atoms with Crippen LogP contribution in [0.4, 0.5) is 5.69 Å². The number of rotatable bonds is 7. The molecular weight excluding hydrogens is 268 g/mol. The maximum Gasteiger partial charge on any atom is 0.270 e. The van der Waals surface area contributed by atoms with Gasteiger partial charge in [-0.3, -0.25) is 14.9 Å². The Bertz CT molecular complexity index is 655. The van der Waals surface area contributed by atoms with Crippen LogP contribution in [-0.4, -0.2) is 15.7 Å². The van der Waals surface area contributed by atoms with E-state index in [4.69, 9.17) is 0 Å². The van der Waals surface area contributed by atoms with Gasteiger partial charge in [0.1, 0.15) is 0 Å². The fourth-order valence-electron chi connectivity index (χ4n) is 2.75. The van der Waals surface area contributed by atoms with Gasteiger partial charge in [-0.05, 0) is 18.9 Å². The summed E-state index contributed by atoms with van der Waals surface area (Å²) in [5.74, 6) is 0.0868. The first kappa shape index (κ1) is 15.2. The molecule has 0 spiro atoms. The predicted molar refractivity (Wildman–Crippen MR) is 82.6 cm³/mol. The summed E-state index contributed by atoms with van der Waals surface area (Å²) in [6.45, 7) is 4.13. The molecule has 1 N–H and O–H groups in total. The Hall–Kier alpha value is -2.17. The monoisotopic (exact) mass is 288 g/mol. The number of ketones is 1. The summed E-state index contributed by atoms with van der Waals surface area (Å²) in [4.78, 5) is 26.2. The number of carbonyl (C=O) groups is 1. The van der Waals surface area contributed by atoms with Gasteiger partial charge in [-0.1, -0.05) is 26.7 Å². The molecule has 21 heavy (non-hydrogen) atoms. The second-order valence-corrected chi connectivity index (χ2v) is 5.33. The number of nitro groups is 1. The lowest BCUT2D eigenvalue weighted by molar-refractivity contribution is -0.384. The summed E-state index contributed by atoms with van der Waals surface area (Å²) in [6, 6.07) is 4.58. The van der Waals surface area contributed by atoms with Crippen LogP contribution in [0.1, 0.15) is 49.9 Å². The Morgan fingerprint density at radius 1 is 1.29 bits per heavy atom. The third kappa shape index (κ3) is 3.12. The van der Waals surface area contributed by atoms with Crippen LogP contribution in [0, 0.1) is 16.0 Å². The number of hydrogen-bond donors (Lipinski definition) is 1. The first-order valence-corrected chi connectivity index (χ1v) is 7.38. The van der Waals surface area contributed by atoms with E-state index in [0.717, 1.165) is 31.2 Å². The van der Waals surface area contributed by atoms with Gasteiger partial charge in [0.2, 0.25) is 0 Å². The maximum atomic E-state index is 12.7. The van der Waals surface area contributed by atoms with Gasteiger partial charge in [-0.25, -0.2) is 0 Å². The lowest BCUT2D eigenvalue weighted by Gasteiger charge is -2.13. The molecule has 0 atom stereocenters. The summed E-state index contributed by atoms with van der Waals surface area (Å²) in [5.41, 5.74) is 1.34. The summed E-state index contributed by atoms with van der Waals surface area (Å²) in [6.07, 6.45) is 5.30. The minimum absolute atomic E-state index is 0.00161. The van der Waals surface area contributed by atoms with Gasteiger partial charge >= 0.3 is 0 Å². The largest absolute Gasteiger partial charge is 0.360 e. The van der Waals surface area contributed by atoms with Gasteiger partial charge in [0, 0.05) is 40.7 Å². The minimum atomic E-state index is -0.434. The average Bonchev–Trinajstić information content (AvgIpc) is 2.89. The van der Waals surface area contributed by atoms with E-state index in [9.17, 15) is 14.9 Å². The van der Waals surface area contributed by atoms with Gasteiger partial charge in [0.15, 0.2) is 5.78 Å². The molecule has 5 nitrogen and oxygen atoms in total. The van der Waals surface area contributed by atoms with E-state index < -0.39 is 4.92 Å². The number of non-ortho nitro benzene ring substituents is 1. The Labute approximate surface area is 123 Å². The normalized spacial score (nSPS) is 11.2. The first-order chi connectivity index (χ1) is 10.1. The predicted octanol–water partition coefficient (Wildman–Crippen LogP) is 4.48. The van der Waals surface area contributed by atoms with Crippen LogP contribution in [0.3, 0.4) is 0 Å². The number of benzene rings is 1. The van der Waals surface area contributed by atoms with Crippen LogP contribution in [0.5, 0.6) is 0 Å². The lowest BCUT2D eigenvalue weighted by atomic mass is 9.89. The van der Waals surface area contributed by atoms with E-state index >= 15 is 0 Å². The zero-order valence-electron chi connectivity index (χ0n) is 12.4. The second kappa shape index (κ2) is 6.52. The van der Waals surface area contributed by atoms with E-state index in [0.29, 0.717) is 10.9 Å². The molecule has 1 aromatic carbocycles. The van der Waals surface area contributed by atoms with Crippen LogP contribution in [0.15, 0.2) is 24.4 Å². The smallest absolute Gasteiger partial charge is 0.270 e. The van der Waals surface area contributed by atoms with Gasteiger partial charge in [-0.15, -0.1) is 0 Å². The Morgan fingerprint density at radius 2 is 1.95 bits per heavy atom. The van der Waals surface area contributed by atoms with Crippen molar-refractivity contribution in [1.82, 2.24) is 4.98 Å². The molecular formula is C16H20N2O3. The first-order valence-electron chi connectivity index (χ1n) is 7.38. The highest BCUT2D eigenvalue weighted by Gasteiger charge is 2.22. The van der Waals surface area contributed by atoms with E-state index in [2.05, 4.69) is 18.8 Å². The molecule has 0 bridgehead atoms. The number of carbonyl (C=O) groups excluding carboxylic acids is 1. The van der Waals surface area contributed by atoms with Gasteiger partial charge in [0.25, 0.3) is 5.69 Å². The molecule has 0 aliphatic rings. The van der Waals surface area contributed by atoms with Gasteiger partial charge in [-0.2, -0.15) is 0 Å². The van der Waals surface area contributed by atoms with Crippen molar-refractivity contribution in [3.8, 4) is 0 Å². The molecule has 2 aromatic rings. The number of aromatic amines is 1. The van der Waals surface area contributed by atoms with Gasteiger partial charge in [0.05, 0.1) is 4.92 Å². The molecule has 0 saturated heterocycles. The zero-order valence-corrected chi connectivity index (χ0v) is 12.4. The number of H-pyrrole nitrogens is 1. The van der Waals surface area contributed by atoms with Crippen LogP contribution in [-0.2, 0) is 0 Å². The number of hydrogen-bond acceptors (Lipinski definition) is 3. The van der Waals surface area contributed by atoms with Crippen LogP contribution in [0.25, 0.3) is 10.9 Å². The number of nitrogens with zero attached hydrogens (tertiary/aromatic N) is 1. The van der Waals surface area contributed by atoms with Crippen LogP contribution >= 0.6 is 0 Å². The average molecular weight is 288 g/mol. The number of aromatic nitrogens is 1. The summed E-state index contributed by atoms with van der Waals surface area (Å²) >= 11 is 0. The van der Waals surface area contributed by atoms with Crippen molar-refractivity contribution in [2.24, 2.45) is 5.92 Å². The summed E-state index contributed by atoms with van der Waals surface area (Å²) in [5, 5.41) is 11.5.